The van der Waals surface area contributed by atoms with Gasteiger partial charge in [0.05, 0.1) is 6.10 Å². The quantitative estimate of drug-likeness (QED) is 0.651. The maximum Gasteiger partial charge on any atom is 0.0599 e. The van der Waals surface area contributed by atoms with Crippen molar-refractivity contribution in [3.8, 4) is 0 Å². The van der Waals surface area contributed by atoms with Crippen LogP contribution in [-0.2, 0) is 0 Å². The van der Waals surface area contributed by atoms with Gasteiger partial charge in [-0.25, -0.2) is 0 Å². The van der Waals surface area contributed by atoms with Crippen LogP contribution in [0.25, 0.3) is 0 Å². The Kier molecular flexibility index (Phi) is 2.40. The second-order valence-electron chi connectivity index (χ2n) is 11.6. The van der Waals surface area contributed by atoms with E-state index >= 15 is 0 Å². The first-order chi connectivity index (χ1) is 11.7. The molecule has 0 aromatic rings. The zero-order valence-electron chi connectivity index (χ0n) is 15.2. The summed E-state index contributed by atoms with van der Waals surface area (Å²) in [5.41, 5.74) is 2.15. The summed E-state index contributed by atoms with van der Waals surface area (Å²) < 4.78 is 0. The largest absolute Gasteiger partial charge is 0.393 e. The molecule has 7 rings (SSSR count). The highest BCUT2D eigenvalue weighted by Gasteiger charge is 2.75. The second kappa shape index (κ2) is 4.10. The van der Waals surface area contributed by atoms with E-state index in [-0.39, 0.29) is 6.10 Å². The van der Waals surface area contributed by atoms with Gasteiger partial charge in [0.1, 0.15) is 0 Å². The fraction of sp³-hybridized carbons (Fsp3) is 1.00. The lowest BCUT2D eigenvalue weighted by Crippen LogP contribution is -2.48. The number of hydrogen-bond acceptors (Lipinski definition) is 1. The number of fused-ring (bicyclic) bond motifs is 7. The van der Waals surface area contributed by atoms with E-state index in [0.29, 0.717) is 5.41 Å². The van der Waals surface area contributed by atoms with Gasteiger partial charge in [0.15, 0.2) is 0 Å². The van der Waals surface area contributed by atoms with Gasteiger partial charge in [-0.05, 0) is 135 Å². The Balaban J connectivity index is 1.20. The molecule has 132 valence electrons. The standard InChI is InChI=1S/C23H34O/c24-20-11-14-1-2-16-15(17(14)12-21(20)5-6-21)3-4-19-18(16)13-22(7-8-22)23(19)9-10-23/h14-20,24H,1-13H2/t14-,15?,16?,17?,18?,19?,20-/m0/s1. The molecular weight excluding hydrogens is 292 g/mol. The summed E-state index contributed by atoms with van der Waals surface area (Å²) in [6.45, 7) is 0. The average Bonchev–Trinajstić information content (AvgIpc) is 3.42. The van der Waals surface area contributed by atoms with Crippen LogP contribution in [0.1, 0.15) is 83.5 Å². The predicted octanol–water partition coefficient (Wildman–Crippen LogP) is 5.17. The van der Waals surface area contributed by atoms with Crippen LogP contribution < -0.4 is 0 Å². The van der Waals surface area contributed by atoms with Crippen molar-refractivity contribution in [3.63, 3.8) is 0 Å². The highest BCUT2D eigenvalue weighted by atomic mass is 16.3. The predicted molar refractivity (Wildman–Crippen MR) is 94.3 cm³/mol. The van der Waals surface area contributed by atoms with Crippen molar-refractivity contribution in [3.05, 3.63) is 0 Å². The van der Waals surface area contributed by atoms with E-state index in [1.165, 1.54) is 32.1 Å². The van der Waals surface area contributed by atoms with Gasteiger partial charge in [-0.2, -0.15) is 0 Å². The van der Waals surface area contributed by atoms with Crippen LogP contribution in [0.4, 0.5) is 0 Å². The molecule has 7 aliphatic carbocycles. The van der Waals surface area contributed by atoms with E-state index in [4.69, 9.17) is 0 Å². The second-order valence-corrected chi connectivity index (χ2v) is 11.6. The Morgan fingerprint density at radius 3 is 2.12 bits per heavy atom. The van der Waals surface area contributed by atoms with E-state index in [9.17, 15) is 5.11 Å². The van der Waals surface area contributed by atoms with Gasteiger partial charge < -0.3 is 5.11 Å². The van der Waals surface area contributed by atoms with Crippen LogP contribution in [0, 0.1) is 51.8 Å². The van der Waals surface area contributed by atoms with Crippen molar-refractivity contribution >= 4 is 0 Å². The van der Waals surface area contributed by atoms with Crippen LogP contribution in [-0.4, -0.2) is 11.2 Å². The molecule has 1 heteroatoms. The zero-order chi connectivity index (χ0) is 15.7. The minimum Gasteiger partial charge on any atom is -0.393 e. The number of aliphatic hydroxyl groups is 1. The molecule has 1 N–H and O–H groups in total. The number of aliphatic hydroxyl groups excluding tert-OH is 1. The molecule has 3 spiro atoms. The minimum absolute atomic E-state index is 0.0580. The smallest absolute Gasteiger partial charge is 0.0599 e. The van der Waals surface area contributed by atoms with Gasteiger partial charge in [-0.15, -0.1) is 0 Å². The number of rotatable bonds is 0. The van der Waals surface area contributed by atoms with E-state index < -0.39 is 0 Å². The van der Waals surface area contributed by atoms with Crippen LogP contribution >= 0.6 is 0 Å². The van der Waals surface area contributed by atoms with Crippen molar-refractivity contribution < 1.29 is 5.11 Å². The summed E-state index contributed by atoms with van der Waals surface area (Å²) in [7, 11) is 0. The lowest BCUT2D eigenvalue weighted by Gasteiger charge is -2.54. The van der Waals surface area contributed by atoms with Crippen molar-refractivity contribution in [2.24, 2.45) is 51.8 Å². The molecule has 7 aliphatic rings. The third kappa shape index (κ3) is 1.51. The topological polar surface area (TPSA) is 20.2 Å². The van der Waals surface area contributed by atoms with Crippen LogP contribution in [0.5, 0.6) is 0 Å². The van der Waals surface area contributed by atoms with Crippen molar-refractivity contribution in [1.82, 2.24) is 0 Å². The van der Waals surface area contributed by atoms with Gasteiger partial charge in [0, 0.05) is 0 Å². The van der Waals surface area contributed by atoms with E-state index in [1.54, 1.807) is 44.9 Å². The molecule has 0 saturated heterocycles. The van der Waals surface area contributed by atoms with Crippen molar-refractivity contribution in [1.29, 1.82) is 0 Å². The molecule has 0 bridgehead atoms. The summed E-state index contributed by atoms with van der Waals surface area (Å²) in [5.74, 6) is 6.29. The van der Waals surface area contributed by atoms with Gasteiger partial charge in [-0.1, -0.05) is 0 Å². The molecule has 5 unspecified atom stereocenters. The maximum atomic E-state index is 10.6. The van der Waals surface area contributed by atoms with Crippen LogP contribution in [0.3, 0.4) is 0 Å². The molecule has 0 aliphatic heterocycles. The average molecular weight is 327 g/mol. The van der Waals surface area contributed by atoms with Gasteiger partial charge in [-0.3, -0.25) is 0 Å². The monoisotopic (exact) mass is 326 g/mol. The molecular formula is C23H34O. The van der Waals surface area contributed by atoms with E-state index in [0.717, 1.165) is 52.8 Å². The third-order valence-electron chi connectivity index (χ3n) is 11.3. The van der Waals surface area contributed by atoms with Crippen molar-refractivity contribution in [2.75, 3.05) is 0 Å². The Morgan fingerprint density at radius 2 is 1.42 bits per heavy atom. The van der Waals surface area contributed by atoms with E-state index in [2.05, 4.69) is 0 Å². The molecule has 7 saturated carbocycles. The summed E-state index contributed by atoms with van der Waals surface area (Å²) in [6, 6.07) is 0. The molecule has 0 aromatic heterocycles. The summed E-state index contributed by atoms with van der Waals surface area (Å²) in [4.78, 5) is 0. The fourth-order valence-corrected chi connectivity index (χ4v) is 9.71. The van der Waals surface area contributed by atoms with Gasteiger partial charge >= 0.3 is 0 Å². The SMILES string of the molecule is O[C@H]1C[C@@H]2CCC3C(CCC4C3CC3(CC3)C43CC3)C2CC12CC2. The molecule has 7 fully saturated rings. The maximum absolute atomic E-state index is 10.6. The summed E-state index contributed by atoms with van der Waals surface area (Å²) in [5, 5.41) is 10.6. The lowest BCUT2D eigenvalue weighted by molar-refractivity contribution is -0.0808. The molecule has 0 aromatic carbocycles. The Hall–Kier alpha value is -0.0400. The zero-order valence-corrected chi connectivity index (χ0v) is 15.2. The normalized spacial score (nSPS) is 56.6. The highest BCUT2D eigenvalue weighted by Crippen LogP contribution is 2.84. The number of hydrogen-bond donors (Lipinski definition) is 1. The highest BCUT2D eigenvalue weighted by molar-refractivity contribution is 5.24. The Labute approximate surface area is 147 Å². The minimum atomic E-state index is 0.0580. The lowest BCUT2D eigenvalue weighted by atomic mass is 9.51. The van der Waals surface area contributed by atoms with Gasteiger partial charge in [0.25, 0.3) is 0 Å². The molecule has 0 heterocycles. The Bertz CT molecular complexity index is 581. The molecule has 7 atom stereocenters. The summed E-state index contributed by atoms with van der Waals surface area (Å²) in [6.07, 6.45) is 19.5. The van der Waals surface area contributed by atoms with E-state index in [1.807, 2.05) is 0 Å². The van der Waals surface area contributed by atoms with Crippen molar-refractivity contribution in [2.45, 2.75) is 89.6 Å². The van der Waals surface area contributed by atoms with Crippen LogP contribution in [0.15, 0.2) is 0 Å². The third-order valence-corrected chi connectivity index (χ3v) is 11.3. The molecule has 24 heavy (non-hydrogen) atoms. The molecule has 0 radical (unpaired) electrons. The molecule has 0 amide bonds. The van der Waals surface area contributed by atoms with Gasteiger partial charge in [0.2, 0.25) is 0 Å². The first kappa shape index (κ1) is 14.1. The first-order valence-electron chi connectivity index (χ1n) is 11.3. The van der Waals surface area contributed by atoms with Crippen LogP contribution in [0.2, 0.25) is 0 Å². The first-order valence-corrected chi connectivity index (χ1v) is 11.3. The summed E-state index contributed by atoms with van der Waals surface area (Å²) >= 11 is 0. The molecule has 1 nitrogen and oxygen atoms in total. The Morgan fingerprint density at radius 1 is 0.667 bits per heavy atom. The fourth-order valence-electron chi connectivity index (χ4n) is 9.71.